The van der Waals surface area contributed by atoms with Crippen molar-refractivity contribution in [3.05, 3.63) is 77.1 Å². The van der Waals surface area contributed by atoms with Crippen molar-refractivity contribution in [2.45, 2.75) is 25.7 Å². The van der Waals surface area contributed by atoms with Gasteiger partial charge in [0.2, 0.25) is 0 Å². The first-order valence-corrected chi connectivity index (χ1v) is 9.61. The van der Waals surface area contributed by atoms with Crippen LogP contribution in [-0.2, 0) is 6.42 Å². The highest BCUT2D eigenvalue weighted by Crippen LogP contribution is 2.32. The van der Waals surface area contributed by atoms with Crippen LogP contribution < -0.4 is 4.74 Å². The lowest BCUT2D eigenvalue weighted by Gasteiger charge is -2.23. The monoisotopic (exact) mass is 384 g/mol. The number of aryl methyl sites for hydroxylation is 1. The molecule has 6 nitrogen and oxygen atoms in total. The second-order valence-corrected chi connectivity index (χ2v) is 7.45. The van der Waals surface area contributed by atoms with E-state index >= 15 is 0 Å². The van der Waals surface area contributed by atoms with Crippen LogP contribution in [0, 0.1) is 6.92 Å². The van der Waals surface area contributed by atoms with E-state index in [0.29, 0.717) is 23.6 Å². The molecule has 6 heteroatoms. The third kappa shape index (κ3) is 3.16. The van der Waals surface area contributed by atoms with E-state index in [0.717, 1.165) is 23.4 Å². The molecule has 0 amide bonds. The Kier molecular flexibility index (Phi) is 4.12. The molecule has 2 aromatic heterocycles. The average molecular weight is 384 g/mol. The van der Waals surface area contributed by atoms with Crippen LogP contribution in [-0.4, -0.2) is 32.5 Å². The minimum Gasteiger partial charge on any atom is -0.497 e. The van der Waals surface area contributed by atoms with Gasteiger partial charge in [-0.05, 0) is 49.1 Å². The van der Waals surface area contributed by atoms with Crippen molar-refractivity contribution in [1.29, 1.82) is 0 Å². The van der Waals surface area contributed by atoms with Gasteiger partial charge in [0.1, 0.15) is 5.75 Å². The highest BCUT2D eigenvalue weighted by Gasteiger charge is 2.28. The fraction of sp³-hybridized carbons (Fsp3) is 0.217. The van der Waals surface area contributed by atoms with Gasteiger partial charge in [-0.25, -0.2) is 9.50 Å². The van der Waals surface area contributed by atoms with Crippen LogP contribution in [0.1, 0.15) is 39.5 Å². The summed E-state index contributed by atoms with van der Waals surface area (Å²) in [6.45, 7) is 2.06. The van der Waals surface area contributed by atoms with Gasteiger partial charge in [-0.3, -0.25) is 4.79 Å². The molecule has 0 radical (unpaired) electrons. The van der Waals surface area contributed by atoms with Crippen molar-refractivity contribution in [2.75, 3.05) is 7.11 Å². The lowest BCUT2D eigenvalue weighted by atomic mass is 9.82. The van der Waals surface area contributed by atoms with Crippen LogP contribution in [0.25, 0.3) is 17.2 Å². The Bertz CT molecular complexity index is 1210. The van der Waals surface area contributed by atoms with E-state index in [1.54, 1.807) is 17.8 Å². The first kappa shape index (κ1) is 17.6. The molecule has 1 unspecified atom stereocenters. The van der Waals surface area contributed by atoms with Crippen molar-refractivity contribution in [3.8, 4) is 17.1 Å². The first-order chi connectivity index (χ1) is 14.1. The van der Waals surface area contributed by atoms with Gasteiger partial charge in [0.05, 0.1) is 18.4 Å². The summed E-state index contributed by atoms with van der Waals surface area (Å²) < 4.78 is 6.80. The van der Waals surface area contributed by atoms with Crippen molar-refractivity contribution < 1.29 is 9.53 Å². The average Bonchev–Trinajstić information content (AvgIpc) is 3.16. The zero-order chi connectivity index (χ0) is 20.0. The minimum absolute atomic E-state index is 0.104. The molecule has 5 rings (SSSR count). The Labute approximate surface area is 168 Å². The number of hydrogen-bond donors (Lipinski definition) is 0. The highest BCUT2D eigenvalue weighted by atomic mass is 16.5. The fourth-order valence-corrected chi connectivity index (χ4v) is 3.82. The van der Waals surface area contributed by atoms with E-state index in [1.807, 2.05) is 24.3 Å². The number of hydrogen-bond acceptors (Lipinski definition) is 5. The predicted molar refractivity (Wildman–Crippen MR) is 109 cm³/mol. The van der Waals surface area contributed by atoms with E-state index in [1.165, 1.54) is 11.1 Å². The summed E-state index contributed by atoms with van der Waals surface area (Å²) in [5.74, 6) is 2.11. The topological polar surface area (TPSA) is 69.4 Å². The smallest absolute Gasteiger partial charge is 0.252 e. The van der Waals surface area contributed by atoms with Gasteiger partial charge in [0, 0.05) is 18.2 Å². The number of ketones is 1. The van der Waals surface area contributed by atoms with Gasteiger partial charge in [-0.2, -0.15) is 4.98 Å². The number of carbonyl (C=O) groups is 1. The van der Waals surface area contributed by atoms with E-state index in [9.17, 15) is 4.79 Å². The third-order valence-electron chi connectivity index (χ3n) is 5.48. The van der Waals surface area contributed by atoms with Gasteiger partial charge in [-0.15, -0.1) is 5.10 Å². The number of carbonyl (C=O) groups excluding carboxylic acids is 1. The minimum atomic E-state index is 0.104. The molecule has 2 aromatic carbocycles. The molecule has 0 N–H and O–H groups in total. The predicted octanol–water partition coefficient (Wildman–Crippen LogP) is 4.02. The van der Waals surface area contributed by atoms with Crippen LogP contribution in [0.15, 0.2) is 54.7 Å². The standard InChI is InChI=1S/C23H20N4O2/c1-14-3-5-15(6-4-14)17-11-20-19(21(28)12-17)13-27-23(24-20)25-22(26-27)16-7-9-18(29-2)10-8-16/h3-10,13,17H,11-12H2,1-2H3. The summed E-state index contributed by atoms with van der Waals surface area (Å²) in [7, 11) is 1.63. The zero-order valence-electron chi connectivity index (χ0n) is 16.3. The molecule has 2 heterocycles. The van der Waals surface area contributed by atoms with Crippen LogP contribution in [0.4, 0.5) is 0 Å². The van der Waals surface area contributed by atoms with E-state index < -0.39 is 0 Å². The van der Waals surface area contributed by atoms with E-state index in [4.69, 9.17) is 4.74 Å². The molecular formula is C23H20N4O2. The number of ether oxygens (including phenoxy) is 1. The molecule has 0 aliphatic heterocycles. The molecule has 144 valence electrons. The number of methoxy groups -OCH3 is 1. The third-order valence-corrected chi connectivity index (χ3v) is 5.48. The van der Waals surface area contributed by atoms with Crippen LogP contribution in [0.2, 0.25) is 0 Å². The van der Waals surface area contributed by atoms with Gasteiger partial charge in [-0.1, -0.05) is 29.8 Å². The molecule has 1 aliphatic rings. The van der Waals surface area contributed by atoms with Crippen LogP contribution >= 0.6 is 0 Å². The summed E-state index contributed by atoms with van der Waals surface area (Å²) in [5, 5.41) is 4.52. The molecule has 4 aromatic rings. The molecule has 1 atom stereocenters. The lowest BCUT2D eigenvalue weighted by molar-refractivity contribution is 0.0962. The second-order valence-electron chi connectivity index (χ2n) is 7.45. The van der Waals surface area contributed by atoms with Gasteiger partial charge < -0.3 is 4.74 Å². The van der Waals surface area contributed by atoms with Gasteiger partial charge in [0.15, 0.2) is 11.6 Å². The Morgan fingerprint density at radius 1 is 1.00 bits per heavy atom. The van der Waals surface area contributed by atoms with Crippen LogP contribution in [0.5, 0.6) is 5.75 Å². The fourth-order valence-electron chi connectivity index (χ4n) is 3.82. The van der Waals surface area contributed by atoms with Crippen LogP contribution in [0.3, 0.4) is 0 Å². The van der Waals surface area contributed by atoms with E-state index in [2.05, 4.69) is 46.3 Å². The lowest BCUT2D eigenvalue weighted by Crippen LogP contribution is -2.21. The number of aromatic nitrogens is 4. The number of Topliss-reactive ketones (excluding diaryl/α,β-unsaturated/α-hetero) is 1. The summed E-state index contributed by atoms with van der Waals surface area (Å²) in [6.07, 6.45) is 2.99. The Morgan fingerprint density at radius 3 is 2.48 bits per heavy atom. The molecule has 0 fully saturated rings. The highest BCUT2D eigenvalue weighted by molar-refractivity contribution is 5.98. The summed E-state index contributed by atoms with van der Waals surface area (Å²) in [4.78, 5) is 22.1. The van der Waals surface area contributed by atoms with Gasteiger partial charge in [0.25, 0.3) is 5.78 Å². The molecule has 0 bridgehead atoms. The first-order valence-electron chi connectivity index (χ1n) is 9.61. The quantitative estimate of drug-likeness (QED) is 0.534. The van der Waals surface area contributed by atoms with Gasteiger partial charge >= 0.3 is 0 Å². The maximum Gasteiger partial charge on any atom is 0.252 e. The molecular weight excluding hydrogens is 364 g/mol. The normalized spacial score (nSPS) is 16.1. The van der Waals surface area contributed by atoms with Crippen molar-refractivity contribution in [3.63, 3.8) is 0 Å². The SMILES string of the molecule is COc1ccc(-c2nc3nc4c(cn3n2)C(=O)CC(c2ccc(C)cc2)C4)cc1. The van der Waals surface area contributed by atoms with Crippen molar-refractivity contribution in [2.24, 2.45) is 0 Å². The summed E-state index contributed by atoms with van der Waals surface area (Å²) in [5.41, 5.74) is 4.71. The number of benzene rings is 2. The maximum atomic E-state index is 12.8. The molecule has 0 spiro atoms. The number of rotatable bonds is 3. The number of fused-ring (bicyclic) bond motifs is 2. The molecule has 0 saturated carbocycles. The Hall–Kier alpha value is -3.54. The van der Waals surface area contributed by atoms with Crippen molar-refractivity contribution in [1.82, 2.24) is 19.6 Å². The Balaban J connectivity index is 1.51. The van der Waals surface area contributed by atoms with Crippen molar-refractivity contribution >= 4 is 11.6 Å². The molecule has 1 aliphatic carbocycles. The zero-order valence-corrected chi connectivity index (χ0v) is 16.3. The largest absolute Gasteiger partial charge is 0.497 e. The maximum absolute atomic E-state index is 12.8. The molecule has 0 saturated heterocycles. The summed E-state index contributed by atoms with van der Waals surface area (Å²) >= 11 is 0. The second kappa shape index (κ2) is 6.81. The Morgan fingerprint density at radius 2 is 1.76 bits per heavy atom. The number of nitrogens with zero attached hydrogens (tertiary/aromatic N) is 4. The molecule has 29 heavy (non-hydrogen) atoms. The summed E-state index contributed by atoms with van der Waals surface area (Å²) in [6, 6.07) is 15.9. The van der Waals surface area contributed by atoms with E-state index in [-0.39, 0.29) is 11.7 Å².